The van der Waals surface area contributed by atoms with Gasteiger partial charge in [0.25, 0.3) is 0 Å². The molecule has 0 spiro atoms. The Labute approximate surface area is 208 Å². The van der Waals surface area contributed by atoms with Crippen LogP contribution in [0.2, 0.25) is 0 Å². The summed E-state index contributed by atoms with van der Waals surface area (Å²) in [5.74, 6) is 0.414. The van der Waals surface area contributed by atoms with E-state index < -0.39 is 10.8 Å². The summed E-state index contributed by atoms with van der Waals surface area (Å²) < 4.78 is 14.4. The molecule has 0 saturated heterocycles. The minimum absolute atomic E-state index is 0.0547. The van der Waals surface area contributed by atoms with Gasteiger partial charge in [-0.2, -0.15) is 0 Å². The zero-order chi connectivity index (χ0) is 24.4. The lowest BCUT2D eigenvalue weighted by molar-refractivity contribution is -0.115. The van der Waals surface area contributed by atoms with E-state index in [-0.39, 0.29) is 17.2 Å². The van der Waals surface area contributed by atoms with Gasteiger partial charge in [0, 0.05) is 27.9 Å². The summed E-state index contributed by atoms with van der Waals surface area (Å²) in [6.07, 6.45) is 1.97. The second kappa shape index (κ2) is 9.93. The number of nitrogens with zero attached hydrogens (tertiary/aromatic N) is 2. The van der Waals surface area contributed by atoms with Crippen LogP contribution in [0.3, 0.4) is 0 Å². The summed E-state index contributed by atoms with van der Waals surface area (Å²) >= 11 is 1.16. The Balaban J connectivity index is 1.34. The summed E-state index contributed by atoms with van der Waals surface area (Å²) in [5.41, 5.74) is 4.19. The zero-order valence-electron chi connectivity index (χ0n) is 19.1. The van der Waals surface area contributed by atoms with Crippen molar-refractivity contribution >= 4 is 54.9 Å². The third kappa shape index (κ3) is 4.94. The van der Waals surface area contributed by atoms with Crippen LogP contribution in [-0.2, 0) is 28.6 Å². The van der Waals surface area contributed by atoms with Gasteiger partial charge < -0.3 is 5.32 Å². The van der Waals surface area contributed by atoms with Crippen molar-refractivity contribution in [2.45, 2.75) is 24.8 Å². The van der Waals surface area contributed by atoms with Crippen LogP contribution in [0.25, 0.3) is 21.1 Å². The smallest absolute Gasteiger partial charge is 0.308 e. The average molecular weight is 502 g/mol. The third-order valence-corrected chi connectivity index (χ3v) is 8.07. The zero-order valence-corrected chi connectivity index (χ0v) is 20.7. The number of hydrogen-bond acceptors (Lipinski definition) is 5. The van der Waals surface area contributed by atoms with E-state index in [0.29, 0.717) is 18.0 Å². The molecule has 0 radical (unpaired) electrons. The van der Waals surface area contributed by atoms with Crippen molar-refractivity contribution in [2.75, 3.05) is 11.1 Å². The molecule has 1 atom stereocenters. The number of benzene rings is 3. The predicted molar refractivity (Wildman–Crippen MR) is 143 cm³/mol. The number of fused-ring (bicyclic) bond motifs is 2. The molecule has 176 valence electrons. The number of amides is 1. The Kier molecular flexibility index (Phi) is 6.57. The second-order valence-electron chi connectivity index (χ2n) is 8.13. The SMILES string of the molecule is CCS(=O)c1ccc(CC(=O)Nc2ccc3c(c2)sc(=O)n3Cc2cccc3cccnc23)cc1. The molecule has 5 aromatic rings. The summed E-state index contributed by atoms with van der Waals surface area (Å²) in [5, 5.41) is 3.96. The number of rotatable bonds is 7. The Bertz CT molecular complexity index is 1620. The van der Waals surface area contributed by atoms with E-state index in [9.17, 15) is 13.8 Å². The quantitative estimate of drug-likeness (QED) is 0.342. The monoisotopic (exact) mass is 501 g/mol. The third-order valence-electron chi connectivity index (χ3n) is 5.81. The number of anilines is 1. The summed E-state index contributed by atoms with van der Waals surface area (Å²) in [6.45, 7) is 2.30. The van der Waals surface area contributed by atoms with Gasteiger partial charge in [0.2, 0.25) is 5.91 Å². The summed E-state index contributed by atoms with van der Waals surface area (Å²) in [7, 11) is -1.01. The summed E-state index contributed by atoms with van der Waals surface area (Å²) in [4.78, 5) is 30.6. The van der Waals surface area contributed by atoms with Crippen LogP contribution in [0.1, 0.15) is 18.1 Å². The first-order valence-corrected chi connectivity index (χ1v) is 13.4. The fraction of sp³-hybridized carbons (Fsp3) is 0.148. The molecule has 0 fully saturated rings. The number of pyridine rings is 1. The number of aromatic nitrogens is 2. The van der Waals surface area contributed by atoms with E-state index in [4.69, 9.17) is 0 Å². The molecule has 8 heteroatoms. The Morgan fingerprint density at radius 1 is 1.06 bits per heavy atom. The molecule has 0 aliphatic carbocycles. The average Bonchev–Trinajstić information content (AvgIpc) is 3.18. The van der Waals surface area contributed by atoms with Gasteiger partial charge in [-0.05, 0) is 47.5 Å². The van der Waals surface area contributed by atoms with Crippen LogP contribution in [-0.4, -0.2) is 25.4 Å². The molecule has 1 N–H and O–H groups in total. The Morgan fingerprint density at radius 2 is 1.86 bits per heavy atom. The molecule has 6 nitrogen and oxygen atoms in total. The van der Waals surface area contributed by atoms with Gasteiger partial charge in [-0.3, -0.25) is 23.3 Å². The first-order chi connectivity index (χ1) is 17.0. The number of carbonyl (C=O) groups excluding carboxylic acids is 1. The maximum Gasteiger partial charge on any atom is 0.308 e. The lowest BCUT2D eigenvalue weighted by atomic mass is 10.1. The van der Waals surface area contributed by atoms with E-state index >= 15 is 0 Å². The maximum atomic E-state index is 12.8. The van der Waals surface area contributed by atoms with E-state index in [1.807, 2.05) is 67.6 Å². The molecule has 1 amide bonds. The van der Waals surface area contributed by atoms with Crippen LogP contribution >= 0.6 is 11.3 Å². The van der Waals surface area contributed by atoms with Crippen LogP contribution in [0.5, 0.6) is 0 Å². The van der Waals surface area contributed by atoms with E-state index in [1.165, 1.54) is 0 Å². The van der Waals surface area contributed by atoms with Gasteiger partial charge in [0.15, 0.2) is 0 Å². The standard InChI is InChI=1S/C27H23N3O3S2/c1-2-35(33)22-11-8-18(9-12-22)15-25(31)29-21-10-13-23-24(16-21)34-27(32)30(23)17-20-6-3-5-19-7-4-14-28-26(19)20/h3-14,16H,2,15,17H2,1H3,(H,29,31). The van der Waals surface area contributed by atoms with Gasteiger partial charge in [-0.15, -0.1) is 0 Å². The molecule has 0 saturated carbocycles. The molecule has 1 unspecified atom stereocenters. The van der Waals surface area contributed by atoms with E-state index in [2.05, 4.69) is 10.3 Å². The lowest BCUT2D eigenvalue weighted by Gasteiger charge is -2.09. The van der Waals surface area contributed by atoms with Crippen LogP contribution in [0, 0.1) is 0 Å². The molecule has 2 aromatic heterocycles. The highest BCUT2D eigenvalue weighted by Crippen LogP contribution is 2.24. The molecule has 5 rings (SSSR count). The highest BCUT2D eigenvalue weighted by atomic mass is 32.2. The van der Waals surface area contributed by atoms with Crippen LogP contribution in [0.4, 0.5) is 5.69 Å². The van der Waals surface area contributed by atoms with E-state index in [1.54, 1.807) is 22.9 Å². The maximum absolute atomic E-state index is 12.8. The van der Waals surface area contributed by atoms with Gasteiger partial charge in [-0.25, -0.2) is 0 Å². The minimum atomic E-state index is -1.01. The van der Waals surface area contributed by atoms with Gasteiger partial charge >= 0.3 is 4.87 Å². The molecule has 2 heterocycles. The first kappa shape index (κ1) is 23.1. The lowest BCUT2D eigenvalue weighted by Crippen LogP contribution is -2.15. The van der Waals surface area contributed by atoms with Gasteiger partial charge in [0.1, 0.15) is 0 Å². The highest BCUT2D eigenvalue weighted by Gasteiger charge is 2.12. The second-order valence-corrected chi connectivity index (χ2v) is 10.9. The van der Waals surface area contributed by atoms with Crippen molar-refractivity contribution < 1.29 is 9.00 Å². The topological polar surface area (TPSA) is 81.1 Å². The summed E-state index contributed by atoms with van der Waals surface area (Å²) in [6, 6.07) is 22.7. The van der Waals surface area contributed by atoms with Crippen molar-refractivity contribution in [3.63, 3.8) is 0 Å². The molecule has 0 bridgehead atoms. The van der Waals surface area contributed by atoms with Crippen LogP contribution < -0.4 is 10.2 Å². The highest BCUT2D eigenvalue weighted by molar-refractivity contribution is 7.85. The fourth-order valence-electron chi connectivity index (χ4n) is 4.08. The number of hydrogen-bond donors (Lipinski definition) is 1. The molecule has 3 aromatic carbocycles. The van der Waals surface area contributed by atoms with Crippen molar-refractivity contribution in [3.8, 4) is 0 Å². The van der Waals surface area contributed by atoms with Gasteiger partial charge in [0.05, 0.1) is 39.5 Å². The minimum Gasteiger partial charge on any atom is -0.326 e. The van der Waals surface area contributed by atoms with Crippen molar-refractivity contribution in [2.24, 2.45) is 0 Å². The molecule has 35 heavy (non-hydrogen) atoms. The fourth-order valence-corrected chi connectivity index (χ4v) is 5.78. The number of carbonyl (C=O) groups is 1. The van der Waals surface area contributed by atoms with Crippen molar-refractivity contribution in [1.29, 1.82) is 0 Å². The van der Waals surface area contributed by atoms with Crippen molar-refractivity contribution in [1.82, 2.24) is 9.55 Å². The normalized spacial score (nSPS) is 12.1. The molecule has 0 aliphatic heterocycles. The van der Waals surface area contributed by atoms with Crippen molar-refractivity contribution in [3.05, 3.63) is 99.8 Å². The Morgan fingerprint density at radius 3 is 2.66 bits per heavy atom. The number of nitrogens with one attached hydrogen (secondary N) is 1. The van der Waals surface area contributed by atoms with E-state index in [0.717, 1.165) is 48.5 Å². The molecular formula is C27H23N3O3S2. The molecular weight excluding hydrogens is 478 g/mol. The van der Waals surface area contributed by atoms with Crippen LogP contribution in [0.15, 0.2) is 88.7 Å². The predicted octanol–water partition coefficient (Wildman–Crippen LogP) is 4.97. The Hall–Kier alpha value is -3.62. The van der Waals surface area contributed by atoms with Gasteiger partial charge in [-0.1, -0.05) is 54.7 Å². The molecule has 0 aliphatic rings. The number of para-hydroxylation sites is 1. The first-order valence-electron chi connectivity index (χ1n) is 11.2. The largest absolute Gasteiger partial charge is 0.326 e. The number of thiazole rings is 1.